The normalized spacial score (nSPS) is 18.4. The van der Waals surface area contributed by atoms with E-state index in [4.69, 9.17) is 13.6 Å². The summed E-state index contributed by atoms with van der Waals surface area (Å²) in [7, 11) is -3.48. The molecule has 0 saturated carbocycles. The van der Waals surface area contributed by atoms with Crippen LogP contribution >= 0.6 is 7.82 Å². The van der Waals surface area contributed by atoms with Crippen molar-refractivity contribution < 1.29 is 18.1 Å². The molecule has 0 fully saturated rings. The van der Waals surface area contributed by atoms with Crippen molar-refractivity contribution in [3.63, 3.8) is 0 Å². The van der Waals surface area contributed by atoms with E-state index in [-0.39, 0.29) is 5.92 Å². The molecule has 0 saturated heterocycles. The molecule has 0 amide bonds. The summed E-state index contributed by atoms with van der Waals surface area (Å²) < 4.78 is 28.3. The summed E-state index contributed by atoms with van der Waals surface area (Å²) in [6, 6.07) is 0. The molecule has 1 aliphatic rings. The lowest BCUT2D eigenvalue weighted by Crippen LogP contribution is -2.06. The molecule has 0 aromatic rings. The van der Waals surface area contributed by atoms with E-state index in [2.05, 4.69) is 24.8 Å². The van der Waals surface area contributed by atoms with Gasteiger partial charge in [-0.15, -0.1) is 0 Å². The molecule has 0 aromatic heterocycles. The fraction of sp³-hybridized carbons (Fsp3) is 0.667. The molecule has 0 heterocycles. The first kappa shape index (κ1) is 20.0. The van der Waals surface area contributed by atoms with Crippen molar-refractivity contribution in [3.8, 4) is 11.8 Å². The Morgan fingerprint density at radius 1 is 1.30 bits per heavy atom. The van der Waals surface area contributed by atoms with Crippen LogP contribution in [0.1, 0.15) is 59.3 Å². The molecular weight excluding hydrogens is 311 g/mol. The zero-order valence-corrected chi connectivity index (χ0v) is 15.4. The van der Waals surface area contributed by atoms with Crippen LogP contribution in [0, 0.1) is 17.8 Å². The maximum atomic E-state index is 12.4. The second kappa shape index (κ2) is 11.5. The molecule has 0 aliphatic heterocycles. The first-order valence-electron chi connectivity index (χ1n) is 8.58. The SMILES string of the molecule is CCCCC#C/C=C\C1C=C(OP(=O)(OCC)OCC)CCC1. The number of rotatable bonds is 9. The molecule has 1 atom stereocenters. The average molecular weight is 340 g/mol. The highest BCUT2D eigenvalue weighted by atomic mass is 31.2. The van der Waals surface area contributed by atoms with Crippen molar-refractivity contribution in [2.45, 2.75) is 59.3 Å². The van der Waals surface area contributed by atoms with Crippen molar-refractivity contribution in [2.24, 2.45) is 5.92 Å². The Bertz CT molecular complexity index is 489. The van der Waals surface area contributed by atoms with Crippen LogP contribution in [0.4, 0.5) is 0 Å². The number of hydrogen-bond acceptors (Lipinski definition) is 4. The number of allylic oxidation sites excluding steroid dienone is 4. The van der Waals surface area contributed by atoms with Gasteiger partial charge in [-0.25, -0.2) is 4.57 Å². The molecule has 1 rings (SSSR count). The predicted octanol–water partition coefficient (Wildman–Crippen LogP) is 5.62. The average Bonchev–Trinajstić information content (AvgIpc) is 2.51. The van der Waals surface area contributed by atoms with Gasteiger partial charge in [0.05, 0.1) is 13.2 Å². The summed E-state index contributed by atoms with van der Waals surface area (Å²) in [4.78, 5) is 0. The second-order valence-electron chi connectivity index (χ2n) is 5.35. The first-order valence-corrected chi connectivity index (χ1v) is 10.0. The van der Waals surface area contributed by atoms with Crippen molar-refractivity contribution in [1.29, 1.82) is 0 Å². The van der Waals surface area contributed by atoms with E-state index in [0.717, 1.165) is 32.1 Å². The van der Waals surface area contributed by atoms with Crippen molar-refractivity contribution >= 4 is 7.82 Å². The topological polar surface area (TPSA) is 44.8 Å². The minimum atomic E-state index is -3.48. The molecule has 5 heteroatoms. The zero-order chi connectivity index (χ0) is 17.0. The fourth-order valence-electron chi connectivity index (χ4n) is 2.26. The summed E-state index contributed by atoms with van der Waals surface area (Å²) in [5, 5.41) is 0. The van der Waals surface area contributed by atoms with Crippen LogP contribution < -0.4 is 0 Å². The fourth-order valence-corrected chi connectivity index (χ4v) is 3.51. The lowest BCUT2D eigenvalue weighted by atomic mass is 9.94. The maximum absolute atomic E-state index is 12.4. The van der Waals surface area contributed by atoms with Gasteiger partial charge >= 0.3 is 7.82 Å². The molecule has 1 aliphatic carbocycles. The number of unbranched alkanes of at least 4 members (excludes halogenated alkanes) is 2. The third-order valence-electron chi connectivity index (χ3n) is 3.35. The molecule has 0 bridgehead atoms. The van der Waals surface area contributed by atoms with E-state index in [1.165, 1.54) is 6.42 Å². The van der Waals surface area contributed by atoms with Gasteiger partial charge in [0.1, 0.15) is 5.76 Å². The molecule has 4 nitrogen and oxygen atoms in total. The third kappa shape index (κ3) is 8.42. The van der Waals surface area contributed by atoms with Crippen LogP contribution in [0.2, 0.25) is 0 Å². The van der Waals surface area contributed by atoms with Gasteiger partial charge in [-0.2, -0.15) is 0 Å². The quantitative estimate of drug-likeness (QED) is 0.310. The van der Waals surface area contributed by atoms with Crippen LogP contribution in [-0.4, -0.2) is 13.2 Å². The number of hydrogen-bond donors (Lipinski definition) is 0. The number of phosphoric acid groups is 1. The van der Waals surface area contributed by atoms with Crippen LogP contribution in [-0.2, 0) is 18.1 Å². The van der Waals surface area contributed by atoms with E-state index >= 15 is 0 Å². The van der Waals surface area contributed by atoms with E-state index in [1.54, 1.807) is 13.8 Å². The van der Waals surface area contributed by atoms with Gasteiger partial charge in [0.25, 0.3) is 0 Å². The van der Waals surface area contributed by atoms with E-state index in [0.29, 0.717) is 19.0 Å². The maximum Gasteiger partial charge on any atom is 0.529 e. The lowest BCUT2D eigenvalue weighted by Gasteiger charge is -2.23. The van der Waals surface area contributed by atoms with Crippen molar-refractivity contribution in [3.05, 3.63) is 24.0 Å². The molecule has 0 N–H and O–H groups in total. The number of phosphoric ester groups is 1. The van der Waals surface area contributed by atoms with Gasteiger partial charge in [-0.3, -0.25) is 9.05 Å². The summed E-state index contributed by atoms with van der Waals surface area (Å²) in [6.45, 7) is 6.29. The standard InChI is InChI=1S/C18H29O4P/c1-4-7-8-9-10-11-13-17-14-12-15-18(16-17)22-23(19,20-5-2)21-6-3/h11,13,16-17H,4-8,12,14-15H2,1-3H3/b13-11-. The minimum Gasteiger partial charge on any atom is -0.409 e. The highest BCUT2D eigenvalue weighted by Crippen LogP contribution is 2.52. The third-order valence-corrected chi connectivity index (χ3v) is 4.96. The highest BCUT2D eigenvalue weighted by Gasteiger charge is 2.29. The van der Waals surface area contributed by atoms with Crippen molar-refractivity contribution in [2.75, 3.05) is 13.2 Å². The Labute approximate surface area is 140 Å². The van der Waals surface area contributed by atoms with Gasteiger partial charge in [-0.1, -0.05) is 31.3 Å². The van der Waals surface area contributed by atoms with Crippen LogP contribution in [0.25, 0.3) is 0 Å². The van der Waals surface area contributed by atoms with E-state index in [9.17, 15) is 4.57 Å². The zero-order valence-electron chi connectivity index (χ0n) is 14.5. The first-order chi connectivity index (χ1) is 11.1. The molecule has 23 heavy (non-hydrogen) atoms. The second-order valence-corrected chi connectivity index (χ2v) is 6.94. The minimum absolute atomic E-state index is 0.260. The Balaban J connectivity index is 2.61. The largest absolute Gasteiger partial charge is 0.529 e. The molecule has 130 valence electrons. The van der Waals surface area contributed by atoms with E-state index < -0.39 is 7.82 Å². The summed E-state index contributed by atoms with van der Waals surface area (Å²) in [6.07, 6.45) is 12.0. The van der Waals surface area contributed by atoms with Crippen LogP contribution in [0.5, 0.6) is 0 Å². The molecule has 1 unspecified atom stereocenters. The van der Waals surface area contributed by atoms with Gasteiger partial charge in [-0.05, 0) is 51.2 Å². The lowest BCUT2D eigenvalue weighted by molar-refractivity contribution is 0.141. The van der Waals surface area contributed by atoms with Gasteiger partial charge in [0.15, 0.2) is 0 Å². The Morgan fingerprint density at radius 3 is 2.70 bits per heavy atom. The summed E-state index contributed by atoms with van der Waals surface area (Å²) in [5.74, 6) is 7.15. The molecule has 0 spiro atoms. The molecular formula is C18H29O4P. The van der Waals surface area contributed by atoms with Crippen LogP contribution in [0.15, 0.2) is 24.0 Å². The monoisotopic (exact) mass is 340 g/mol. The van der Waals surface area contributed by atoms with Gasteiger partial charge in [0, 0.05) is 12.8 Å². The Hall–Kier alpha value is -1.01. The highest BCUT2D eigenvalue weighted by molar-refractivity contribution is 7.48. The van der Waals surface area contributed by atoms with E-state index in [1.807, 2.05) is 12.2 Å². The summed E-state index contributed by atoms with van der Waals surface area (Å²) in [5.41, 5.74) is 0. The molecule has 0 radical (unpaired) electrons. The van der Waals surface area contributed by atoms with Gasteiger partial charge < -0.3 is 4.52 Å². The van der Waals surface area contributed by atoms with Gasteiger partial charge in [0.2, 0.25) is 0 Å². The smallest absolute Gasteiger partial charge is 0.409 e. The Kier molecular flexibility index (Phi) is 10.0. The van der Waals surface area contributed by atoms with Crippen LogP contribution in [0.3, 0.4) is 0 Å². The predicted molar refractivity (Wildman–Crippen MR) is 93.8 cm³/mol. The van der Waals surface area contributed by atoms with Crippen molar-refractivity contribution in [1.82, 2.24) is 0 Å². The Morgan fingerprint density at radius 2 is 2.04 bits per heavy atom. The molecule has 0 aromatic carbocycles. The summed E-state index contributed by atoms with van der Waals surface area (Å²) >= 11 is 0.